The molecule has 1 aromatic carbocycles. The Bertz CT molecular complexity index is 389. The molecule has 1 unspecified atom stereocenters. The van der Waals surface area contributed by atoms with Crippen molar-refractivity contribution in [3.8, 4) is 0 Å². The van der Waals surface area contributed by atoms with E-state index in [4.69, 9.17) is 5.73 Å². The summed E-state index contributed by atoms with van der Waals surface area (Å²) in [7, 11) is 0. The quantitative estimate of drug-likeness (QED) is 0.627. The van der Waals surface area contributed by atoms with Crippen LogP contribution in [0.15, 0.2) is 12.1 Å². The van der Waals surface area contributed by atoms with Crippen molar-refractivity contribution in [3.05, 3.63) is 29.1 Å². The summed E-state index contributed by atoms with van der Waals surface area (Å²) in [5, 5.41) is 2.40. The Hall–Kier alpha value is -1.42. The van der Waals surface area contributed by atoms with E-state index < -0.39 is 11.9 Å². The summed E-state index contributed by atoms with van der Waals surface area (Å²) in [5.74, 6) is -0.768. The third-order valence-corrected chi connectivity index (χ3v) is 2.13. The lowest BCUT2D eigenvalue weighted by molar-refractivity contribution is -0.116. The van der Waals surface area contributed by atoms with Crippen LogP contribution in [0.3, 0.4) is 0 Å². The van der Waals surface area contributed by atoms with Crippen LogP contribution in [0.4, 0.5) is 10.1 Å². The fourth-order valence-electron chi connectivity index (χ4n) is 1.49. The number of carbonyl (C=O) groups excluding carboxylic acids is 1. The van der Waals surface area contributed by atoms with E-state index in [2.05, 4.69) is 5.32 Å². The van der Waals surface area contributed by atoms with Crippen LogP contribution < -0.4 is 11.1 Å². The Balaban J connectivity index is 2.63. The largest absolute Gasteiger partial charge is 0.322 e. The third kappa shape index (κ3) is 1.10. The zero-order chi connectivity index (χ0) is 9.59. The molecule has 0 spiro atoms. The molecular weight excluding hydrogens is 171 g/mol. The monoisotopic (exact) mass is 180 g/mol. The fraction of sp³-hybridized carbons (Fsp3) is 0.222. The van der Waals surface area contributed by atoms with E-state index in [1.807, 2.05) is 0 Å². The lowest BCUT2D eigenvalue weighted by atomic mass is 10.1. The minimum atomic E-state index is -0.732. The van der Waals surface area contributed by atoms with Gasteiger partial charge < -0.3 is 11.1 Å². The summed E-state index contributed by atoms with van der Waals surface area (Å²) in [6.45, 7) is 1.76. The molecule has 0 aliphatic carbocycles. The van der Waals surface area contributed by atoms with Crippen molar-refractivity contribution in [2.45, 2.75) is 13.0 Å². The molecule has 1 amide bonds. The molecule has 0 fully saturated rings. The molecule has 68 valence electrons. The Labute approximate surface area is 74.7 Å². The van der Waals surface area contributed by atoms with E-state index >= 15 is 0 Å². The highest BCUT2D eigenvalue weighted by atomic mass is 19.1. The number of nitrogens with two attached hydrogens (primary N) is 1. The molecule has 0 saturated heterocycles. The molecule has 0 radical (unpaired) electrons. The van der Waals surface area contributed by atoms with Gasteiger partial charge in [-0.25, -0.2) is 4.39 Å². The second kappa shape index (κ2) is 2.53. The van der Waals surface area contributed by atoms with Gasteiger partial charge in [0.1, 0.15) is 11.9 Å². The molecule has 1 heterocycles. The number of rotatable bonds is 0. The molecule has 0 bridgehead atoms. The van der Waals surface area contributed by atoms with E-state index in [0.717, 1.165) is 5.56 Å². The number of hydrogen-bond donors (Lipinski definition) is 2. The van der Waals surface area contributed by atoms with E-state index in [-0.39, 0.29) is 11.6 Å². The molecule has 1 aliphatic heterocycles. The molecular formula is C9H9FN2O. The van der Waals surface area contributed by atoms with Gasteiger partial charge in [0, 0.05) is 5.56 Å². The van der Waals surface area contributed by atoms with Crippen molar-refractivity contribution in [1.29, 1.82) is 0 Å². The topological polar surface area (TPSA) is 55.1 Å². The lowest BCUT2D eigenvalue weighted by Gasteiger charge is -2.03. The summed E-state index contributed by atoms with van der Waals surface area (Å²) in [4.78, 5) is 11.1. The van der Waals surface area contributed by atoms with Crippen molar-refractivity contribution < 1.29 is 9.18 Å². The predicted octanol–water partition coefficient (Wildman–Crippen LogP) is 1.09. The van der Waals surface area contributed by atoms with Gasteiger partial charge in [-0.1, -0.05) is 6.07 Å². The van der Waals surface area contributed by atoms with Gasteiger partial charge in [-0.2, -0.15) is 0 Å². The smallest absolute Gasteiger partial charge is 0.246 e. The first kappa shape index (κ1) is 8.19. The van der Waals surface area contributed by atoms with Crippen LogP contribution in [0.5, 0.6) is 0 Å². The van der Waals surface area contributed by atoms with Gasteiger partial charge in [-0.3, -0.25) is 4.79 Å². The number of amides is 1. The van der Waals surface area contributed by atoms with E-state index in [1.165, 1.54) is 6.07 Å². The second-order valence-electron chi connectivity index (χ2n) is 3.18. The van der Waals surface area contributed by atoms with E-state index in [9.17, 15) is 9.18 Å². The van der Waals surface area contributed by atoms with Gasteiger partial charge in [-0.05, 0) is 18.6 Å². The van der Waals surface area contributed by atoms with Crippen LogP contribution in [0.2, 0.25) is 0 Å². The molecule has 0 aromatic heterocycles. The first-order valence-electron chi connectivity index (χ1n) is 3.96. The highest BCUT2D eigenvalue weighted by Crippen LogP contribution is 2.32. The molecule has 1 aliphatic rings. The van der Waals surface area contributed by atoms with Crippen LogP contribution >= 0.6 is 0 Å². The summed E-state index contributed by atoms with van der Waals surface area (Å²) in [6, 6.07) is 2.36. The number of nitrogens with one attached hydrogen (secondary N) is 1. The molecule has 0 saturated carbocycles. The highest BCUT2D eigenvalue weighted by Gasteiger charge is 2.29. The lowest BCUT2D eigenvalue weighted by Crippen LogP contribution is -2.19. The molecule has 3 N–H and O–H groups in total. The molecule has 13 heavy (non-hydrogen) atoms. The van der Waals surface area contributed by atoms with Gasteiger partial charge in [-0.15, -0.1) is 0 Å². The van der Waals surface area contributed by atoms with Gasteiger partial charge in [0.2, 0.25) is 5.91 Å². The normalized spacial score (nSPS) is 19.9. The average molecular weight is 180 g/mol. The Morgan fingerprint density at radius 2 is 2.23 bits per heavy atom. The molecule has 1 aromatic rings. The standard InChI is InChI=1S/C9H9FN2O/c1-4-2-5-7(11)9(13)12-8(5)6(10)3-4/h2-3,7H,11H2,1H3,(H,12,13). The molecule has 1 atom stereocenters. The number of benzene rings is 1. The number of anilines is 1. The van der Waals surface area contributed by atoms with Crippen molar-refractivity contribution in [1.82, 2.24) is 0 Å². The van der Waals surface area contributed by atoms with E-state index in [0.29, 0.717) is 5.56 Å². The van der Waals surface area contributed by atoms with E-state index in [1.54, 1.807) is 13.0 Å². The minimum absolute atomic E-state index is 0.225. The third-order valence-electron chi connectivity index (χ3n) is 2.13. The number of hydrogen-bond acceptors (Lipinski definition) is 2. The summed E-state index contributed by atoms with van der Waals surface area (Å²) >= 11 is 0. The van der Waals surface area contributed by atoms with Gasteiger partial charge in [0.05, 0.1) is 5.69 Å². The van der Waals surface area contributed by atoms with Crippen molar-refractivity contribution in [2.75, 3.05) is 5.32 Å². The molecule has 3 nitrogen and oxygen atoms in total. The van der Waals surface area contributed by atoms with Crippen molar-refractivity contribution in [3.63, 3.8) is 0 Å². The zero-order valence-corrected chi connectivity index (χ0v) is 7.10. The average Bonchev–Trinajstić information content (AvgIpc) is 2.32. The van der Waals surface area contributed by atoms with Gasteiger partial charge in [0.15, 0.2) is 0 Å². The minimum Gasteiger partial charge on any atom is -0.322 e. The summed E-state index contributed by atoms with van der Waals surface area (Å²) < 4.78 is 13.2. The Morgan fingerprint density at radius 3 is 2.92 bits per heavy atom. The maximum Gasteiger partial charge on any atom is 0.246 e. The Morgan fingerprint density at radius 1 is 1.54 bits per heavy atom. The maximum atomic E-state index is 13.2. The van der Waals surface area contributed by atoms with Gasteiger partial charge >= 0.3 is 0 Å². The number of halogens is 1. The molecule has 2 rings (SSSR count). The van der Waals surface area contributed by atoms with Crippen molar-refractivity contribution in [2.24, 2.45) is 5.73 Å². The predicted molar refractivity (Wildman–Crippen MR) is 46.7 cm³/mol. The number of carbonyl (C=O) groups is 1. The van der Waals surface area contributed by atoms with Crippen LogP contribution in [0, 0.1) is 12.7 Å². The van der Waals surface area contributed by atoms with Crippen LogP contribution in [0.25, 0.3) is 0 Å². The number of aryl methyl sites for hydroxylation is 1. The summed E-state index contributed by atoms with van der Waals surface area (Å²) in [6.07, 6.45) is 0. The van der Waals surface area contributed by atoms with Crippen LogP contribution in [-0.4, -0.2) is 5.91 Å². The second-order valence-corrected chi connectivity index (χ2v) is 3.18. The number of fused-ring (bicyclic) bond motifs is 1. The first-order chi connectivity index (χ1) is 6.09. The zero-order valence-electron chi connectivity index (χ0n) is 7.10. The highest BCUT2D eigenvalue weighted by molar-refractivity contribution is 6.02. The molecule has 4 heteroatoms. The van der Waals surface area contributed by atoms with Crippen LogP contribution in [0.1, 0.15) is 17.2 Å². The first-order valence-corrected chi connectivity index (χ1v) is 3.96. The maximum absolute atomic E-state index is 13.2. The van der Waals surface area contributed by atoms with Crippen molar-refractivity contribution >= 4 is 11.6 Å². The van der Waals surface area contributed by atoms with Crippen LogP contribution in [-0.2, 0) is 4.79 Å². The fourth-order valence-corrected chi connectivity index (χ4v) is 1.49. The summed E-state index contributed by atoms with van der Waals surface area (Å²) in [5.41, 5.74) is 7.08. The Kier molecular flexibility index (Phi) is 1.60. The van der Waals surface area contributed by atoms with Gasteiger partial charge in [0.25, 0.3) is 0 Å². The SMILES string of the molecule is Cc1cc(F)c2c(c1)C(N)C(=O)N2.